The standard InChI is InChI=1S/C14H12BrNO3S/c1-2-9-4-6-12(20-9)13(17)16-8-3-5-11(15)10(7-8)14(18)19/h3-7H,2H2,1H3,(H,16,17)(H,18,19). The fraction of sp³-hybridized carbons (Fsp3) is 0.143. The van der Waals surface area contributed by atoms with E-state index < -0.39 is 5.97 Å². The van der Waals surface area contributed by atoms with Crippen LogP contribution in [0.5, 0.6) is 0 Å². The van der Waals surface area contributed by atoms with E-state index in [1.807, 2.05) is 13.0 Å². The molecule has 2 rings (SSSR count). The minimum Gasteiger partial charge on any atom is -0.478 e. The molecule has 0 radical (unpaired) electrons. The molecule has 104 valence electrons. The van der Waals surface area contributed by atoms with Crippen LogP contribution in [-0.4, -0.2) is 17.0 Å². The Morgan fingerprint density at radius 3 is 2.65 bits per heavy atom. The molecule has 0 aliphatic rings. The number of aryl methyl sites for hydroxylation is 1. The lowest BCUT2D eigenvalue weighted by atomic mass is 10.2. The zero-order chi connectivity index (χ0) is 14.7. The van der Waals surface area contributed by atoms with Gasteiger partial charge in [0.1, 0.15) is 0 Å². The maximum atomic E-state index is 12.0. The van der Waals surface area contributed by atoms with Gasteiger partial charge in [-0.25, -0.2) is 4.79 Å². The highest BCUT2D eigenvalue weighted by Gasteiger charge is 2.12. The molecular weight excluding hydrogens is 342 g/mol. The highest BCUT2D eigenvalue weighted by molar-refractivity contribution is 9.10. The molecule has 0 atom stereocenters. The zero-order valence-electron chi connectivity index (χ0n) is 10.6. The summed E-state index contributed by atoms with van der Waals surface area (Å²) in [5.41, 5.74) is 0.574. The first-order chi connectivity index (χ1) is 9.51. The van der Waals surface area contributed by atoms with Crippen molar-refractivity contribution < 1.29 is 14.7 Å². The molecule has 6 heteroatoms. The molecule has 1 aromatic carbocycles. The van der Waals surface area contributed by atoms with Crippen molar-refractivity contribution in [3.63, 3.8) is 0 Å². The number of aromatic carboxylic acids is 1. The predicted octanol–water partition coefficient (Wildman–Crippen LogP) is 4.02. The van der Waals surface area contributed by atoms with Crippen molar-refractivity contribution in [1.82, 2.24) is 0 Å². The number of carboxylic acids is 1. The van der Waals surface area contributed by atoms with E-state index in [1.54, 1.807) is 18.2 Å². The fourth-order valence-corrected chi connectivity index (χ4v) is 2.91. The Morgan fingerprint density at radius 1 is 1.30 bits per heavy atom. The maximum absolute atomic E-state index is 12.0. The number of hydrogen-bond donors (Lipinski definition) is 2. The van der Waals surface area contributed by atoms with Crippen molar-refractivity contribution in [2.24, 2.45) is 0 Å². The first-order valence-corrected chi connectivity index (χ1v) is 7.55. The van der Waals surface area contributed by atoms with E-state index in [9.17, 15) is 9.59 Å². The molecule has 4 nitrogen and oxygen atoms in total. The fourth-order valence-electron chi connectivity index (χ4n) is 1.65. The molecular formula is C14H12BrNO3S. The van der Waals surface area contributed by atoms with Gasteiger partial charge in [0.2, 0.25) is 0 Å². The molecule has 0 bridgehead atoms. The minimum absolute atomic E-state index is 0.114. The van der Waals surface area contributed by atoms with Crippen molar-refractivity contribution in [1.29, 1.82) is 0 Å². The van der Waals surface area contributed by atoms with Crippen LogP contribution in [-0.2, 0) is 6.42 Å². The Labute approximate surface area is 128 Å². The lowest BCUT2D eigenvalue weighted by Crippen LogP contribution is -2.11. The van der Waals surface area contributed by atoms with Gasteiger partial charge in [0, 0.05) is 15.0 Å². The Hall–Kier alpha value is -1.66. The average Bonchev–Trinajstić information content (AvgIpc) is 2.89. The molecule has 0 fully saturated rings. The zero-order valence-corrected chi connectivity index (χ0v) is 13.0. The largest absolute Gasteiger partial charge is 0.478 e. The summed E-state index contributed by atoms with van der Waals surface area (Å²) in [5.74, 6) is -1.27. The molecule has 0 unspecified atom stereocenters. The van der Waals surface area contributed by atoms with Gasteiger partial charge in [-0.15, -0.1) is 11.3 Å². The van der Waals surface area contributed by atoms with Crippen LogP contribution in [0.3, 0.4) is 0 Å². The average molecular weight is 354 g/mol. The first-order valence-electron chi connectivity index (χ1n) is 5.94. The molecule has 0 aliphatic heterocycles. The highest BCUT2D eigenvalue weighted by Crippen LogP contribution is 2.23. The summed E-state index contributed by atoms with van der Waals surface area (Å²) in [7, 11) is 0. The topological polar surface area (TPSA) is 66.4 Å². The van der Waals surface area contributed by atoms with Crippen LogP contribution in [0.1, 0.15) is 31.8 Å². The number of carbonyl (C=O) groups is 2. The Morgan fingerprint density at radius 2 is 2.05 bits per heavy atom. The summed E-state index contributed by atoms with van der Waals surface area (Å²) in [6.07, 6.45) is 0.888. The number of benzene rings is 1. The second kappa shape index (κ2) is 6.19. The molecule has 1 amide bonds. The van der Waals surface area contributed by atoms with Crippen LogP contribution >= 0.6 is 27.3 Å². The summed E-state index contributed by atoms with van der Waals surface area (Å²) in [6.45, 7) is 2.03. The van der Waals surface area contributed by atoms with Crippen LogP contribution in [0.25, 0.3) is 0 Å². The Kier molecular flexibility index (Phi) is 4.57. The van der Waals surface area contributed by atoms with E-state index >= 15 is 0 Å². The monoisotopic (exact) mass is 353 g/mol. The second-order valence-electron chi connectivity index (χ2n) is 4.07. The van der Waals surface area contributed by atoms with Crippen LogP contribution in [0.4, 0.5) is 5.69 Å². The molecule has 0 aliphatic carbocycles. The summed E-state index contributed by atoms with van der Waals surface area (Å²) in [5, 5.41) is 11.7. The maximum Gasteiger partial charge on any atom is 0.336 e. The van der Waals surface area contributed by atoms with Crippen molar-refractivity contribution in [2.75, 3.05) is 5.32 Å². The molecule has 1 heterocycles. The first kappa shape index (κ1) is 14.7. The predicted molar refractivity (Wildman–Crippen MR) is 82.8 cm³/mol. The number of anilines is 1. The highest BCUT2D eigenvalue weighted by atomic mass is 79.9. The van der Waals surface area contributed by atoms with E-state index in [4.69, 9.17) is 5.11 Å². The van der Waals surface area contributed by atoms with Gasteiger partial charge < -0.3 is 10.4 Å². The van der Waals surface area contributed by atoms with Gasteiger partial charge in [-0.1, -0.05) is 6.92 Å². The molecule has 0 saturated heterocycles. The Bertz CT molecular complexity index is 666. The van der Waals surface area contributed by atoms with Crippen molar-refractivity contribution >= 4 is 44.8 Å². The van der Waals surface area contributed by atoms with E-state index in [1.165, 1.54) is 17.4 Å². The van der Waals surface area contributed by atoms with Gasteiger partial charge in [0.15, 0.2) is 0 Å². The minimum atomic E-state index is -1.04. The smallest absolute Gasteiger partial charge is 0.336 e. The number of nitrogens with one attached hydrogen (secondary N) is 1. The van der Waals surface area contributed by atoms with Crippen molar-refractivity contribution in [2.45, 2.75) is 13.3 Å². The molecule has 1 aromatic heterocycles. The van der Waals surface area contributed by atoms with Crippen molar-refractivity contribution in [3.8, 4) is 0 Å². The van der Waals surface area contributed by atoms with E-state index in [-0.39, 0.29) is 11.5 Å². The van der Waals surface area contributed by atoms with Crippen LogP contribution in [0.2, 0.25) is 0 Å². The third kappa shape index (κ3) is 3.26. The number of rotatable bonds is 4. The summed E-state index contributed by atoms with van der Waals surface area (Å²) in [4.78, 5) is 24.8. The van der Waals surface area contributed by atoms with Crippen LogP contribution < -0.4 is 5.32 Å². The second-order valence-corrected chi connectivity index (χ2v) is 6.10. The number of thiophene rings is 1. The summed E-state index contributed by atoms with van der Waals surface area (Å²) >= 11 is 4.60. The van der Waals surface area contributed by atoms with Gasteiger partial charge in [0.25, 0.3) is 5.91 Å². The third-order valence-corrected chi connectivity index (χ3v) is 4.61. The quantitative estimate of drug-likeness (QED) is 0.871. The van der Waals surface area contributed by atoms with Gasteiger partial charge >= 0.3 is 5.97 Å². The van der Waals surface area contributed by atoms with Gasteiger partial charge in [0.05, 0.1) is 10.4 Å². The lowest BCUT2D eigenvalue weighted by Gasteiger charge is -2.06. The van der Waals surface area contributed by atoms with Crippen LogP contribution in [0.15, 0.2) is 34.8 Å². The molecule has 0 saturated carbocycles. The lowest BCUT2D eigenvalue weighted by molar-refractivity contribution is 0.0695. The van der Waals surface area contributed by atoms with Gasteiger partial charge in [-0.3, -0.25) is 4.79 Å². The number of hydrogen-bond acceptors (Lipinski definition) is 3. The van der Waals surface area contributed by atoms with E-state index in [0.717, 1.165) is 11.3 Å². The van der Waals surface area contributed by atoms with E-state index in [2.05, 4.69) is 21.2 Å². The third-order valence-electron chi connectivity index (χ3n) is 2.69. The number of halogens is 1. The van der Waals surface area contributed by atoms with Crippen LogP contribution in [0, 0.1) is 0 Å². The van der Waals surface area contributed by atoms with Gasteiger partial charge in [-0.05, 0) is 52.7 Å². The number of carboxylic acid groups (broad SMARTS) is 1. The van der Waals surface area contributed by atoms with E-state index in [0.29, 0.717) is 15.0 Å². The summed E-state index contributed by atoms with van der Waals surface area (Å²) < 4.78 is 0.479. The molecule has 20 heavy (non-hydrogen) atoms. The van der Waals surface area contributed by atoms with Gasteiger partial charge in [-0.2, -0.15) is 0 Å². The summed E-state index contributed by atoms with van der Waals surface area (Å²) in [6, 6.07) is 8.38. The Balaban J connectivity index is 2.19. The van der Waals surface area contributed by atoms with Crippen molar-refractivity contribution in [3.05, 3.63) is 50.1 Å². The molecule has 2 N–H and O–H groups in total. The number of carbonyl (C=O) groups excluding carboxylic acids is 1. The SMILES string of the molecule is CCc1ccc(C(=O)Nc2ccc(Br)c(C(=O)O)c2)s1. The molecule has 0 spiro atoms. The normalized spacial score (nSPS) is 10.3. The molecule has 2 aromatic rings. The number of amides is 1.